The van der Waals surface area contributed by atoms with Gasteiger partial charge in [-0.1, -0.05) is 0 Å². The third-order valence-electron chi connectivity index (χ3n) is 3.85. The molecule has 1 aromatic heterocycles. The number of piperidine rings is 1. The normalized spacial score (nSPS) is 26.9. The van der Waals surface area contributed by atoms with Crippen LogP contribution in [0.3, 0.4) is 0 Å². The van der Waals surface area contributed by atoms with E-state index in [0.717, 1.165) is 0 Å². The van der Waals surface area contributed by atoms with E-state index in [1.165, 1.54) is 28.3 Å². The highest BCUT2D eigenvalue weighted by Crippen LogP contribution is 2.28. The predicted octanol–water partition coefficient (Wildman–Crippen LogP) is -1.22. The Morgan fingerprint density at radius 3 is 2.71 bits per heavy atom. The van der Waals surface area contributed by atoms with Gasteiger partial charge in [0.05, 0.1) is 6.20 Å². The standard InChI is InChI=1S/C11H15N5O4S/c1-15-8(3-5-12-15)21(19,20)16-6-2-4-11(7-16)9(17)13-10(18)14-11/h3,5H,2,4,6-7H2,1H3,(H2,13,14,17,18). The zero-order chi connectivity index (χ0) is 15.3. The van der Waals surface area contributed by atoms with E-state index < -0.39 is 27.5 Å². The highest BCUT2D eigenvalue weighted by molar-refractivity contribution is 7.89. The number of carbonyl (C=O) groups excluding carboxylic acids is 2. The third kappa shape index (κ3) is 2.10. The van der Waals surface area contributed by atoms with Gasteiger partial charge in [0.15, 0.2) is 5.03 Å². The van der Waals surface area contributed by atoms with Crippen LogP contribution in [0.15, 0.2) is 17.3 Å². The largest absolute Gasteiger partial charge is 0.322 e. The van der Waals surface area contributed by atoms with Gasteiger partial charge in [0.25, 0.3) is 15.9 Å². The van der Waals surface area contributed by atoms with Crippen molar-refractivity contribution in [3.8, 4) is 0 Å². The fourth-order valence-electron chi connectivity index (χ4n) is 2.78. The summed E-state index contributed by atoms with van der Waals surface area (Å²) < 4.78 is 27.7. The first kappa shape index (κ1) is 14.0. The van der Waals surface area contributed by atoms with Crippen molar-refractivity contribution in [1.82, 2.24) is 24.7 Å². The fraction of sp³-hybridized carbons (Fsp3) is 0.545. The van der Waals surface area contributed by atoms with E-state index in [1.807, 2.05) is 0 Å². The molecule has 114 valence electrons. The van der Waals surface area contributed by atoms with Gasteiger partial charge in [0, 0.05) is 20.1 Å². The Bertz CT molecular complexity index is 712. The number of sulfonamides is 1. The Morgan fingerprint density at radius 2 is 2.14 bits per heavy atom. The number of nitrogens with zero attached hydrogens (tertiary/aromatic N) is 3. The molecule has 0 radical (unpaired) electrons. The topological polar surface area (TPSA) is 113 Å². The van der Waals surface area contributed by atoms with E-state index in [1.54, 1.807) is 0 Å². The van der Waals surface area contributed by atoms with Crippen molar-refractivity contribution in [3.63, 3.8) is 0 Å². The van der Waals surface area contributed by atoms with Crippen LogP contribution in [0.4, 0.5) is 4.79 Å². The van der Waals surface area contributed by atoms with Crippen LogP contribution in [0.2, 0.25) is 0 Å². The summed E-state index contributed by atoms with van der Waals surface area (Å²) in [6.07, 6.45) is 2.31. The van der Waals surface area contributed by atoms with Gasteiger partial charge in [-0.2, -0.15) is 9.40 Å². The lowest BCUT2D eigenvalue weighted by molar-refractivity contribution is -0.125. The number of carbonyl (C=O) groups is 2. The Labute approximate surface area is 121 Å². The Balaban J connectivity index is 1.92. The summed E-state index contributed by atoms with van der Waals surface area (Å²) in [7, 11) is -2.21. The molecule has 3 heterocycles. The summed E-state index contributed by atoms with van der Waals surface area (Å²) in [6.45, 7) is 0.233. The molecule has 1 atom stereocenters. The van der Waals surface area contributed by atoms with Crippen LogP contribution in [0.5, 0.6) is 0 Å². The molecule has 2 fully saturated rings. The molecule has 10 heteroatoms. The minimum atomic E-state index is -3.75. The third-order valence-corrected chi connectivity index (χ3v) is 5.77. The van der Waals surface area contributed by atoms with E-state index in [9.17, 15) is 18.0 Å². The first-order valence-corrected chi connectivity index (χ1v) is 7.91. The van der Waals surface area contributed by atoms with Gasteiger partial charge in [0.1, 0.15) is 5.54 Å². The molecule has 3 rings (SSSR count). The molecule has 2 aliphatic rings. The molecule has 2 N–H and O–H groups in total. The number of nitrogens with one attached hydrogen (secondary N) is 2. The Hall–Kier alpha value is -1.94. The number of urea groups is 1. The molecular weight excluding hydrogens is 298 g/mol. The van der Waals surface area contributed by atoms with Gasteiger partial charge < -0.3 is 5.32 Å². The van der Waals surface area contributed by atoms with Crippen molar-refractivity contribution < 1.29 is 18.0 Å². The second-order valence-electron chi connectivity index (χ2n) is 5.23. The SMILES string of the molecule is Cn1nccc1S(=O)(=O)N1CCCC2(C1)NC(=O)NC2=O. The van der Waals surface area contributed by atoms with E-state index in [0.29, 0.717) is 19.4 Å². The molecule has 0 bridgehead atoms. The van der Waals surface area contributed by atoms with Crippen molar-refractivity contribution in [1.29, 1.82) is 0 Å². The van der Waals surface area contributed by atoms with Crippen LogP contribution in [0, 0.1) is 0 Å². The molecule has 1 unspecified atom stereocenters. The van der Waals surface area contributed by atoms with Crippen molar-refractivity contribution in [2.45, 2.75) is 23.4 Å². The van der Waals surface area contributed by atoms with Gasteiger partial charge in [0.2, 0.25) is 0 Å². The van der Waals surface area contributed by atoms with Crippen molar-refractivity contribution in [2.75, 3.05) is 13.1 Å². The second-order valence-corrected chi connectivity index (χ2v) is 7.11. The molecule has 0 saturated carbocycles. The molecule has 2 aliphatic heterocycles. The maximum Gasteiger partial charge on any atom is 0.322 e. The molecule has 9 nitrogen and oxygen atoms in total. The predicted molar refractivity (Wildman–Crippen MR) is 70.6 cm³/mol. The molecule has 3 amide bonds. The van der Waals surface area contributed by atoms with Gasteiger partial charge in [-0.3, -0.25) is 14.8 Å². The van der Waals surface area contributed by atoms with Gasteiger partial charge >= 0.3 is 6.03 Å². The quantitative estimate of drug-likeness (QED) is 0.665. The number of amides is 3. The first-order valence-electron chi connectivity index (χ1n) is 6.47. The zero-order valence-corrected chi connectivity index (χ0v) is 12.2. The summed E-state index contributed by atoms with van der Waals surface area (Å²) in [5, 5.41) is 8.64. The van der Waals surface area contributed by atoms with Crippen molar-refractivity contribution >= 4 is 22.0 Å². The average Bonchev–Trinajstić information content (AvgIpc) is 2.95. The smallest absolute Gasteiger partial charge is 0.322 e. The summed E-state index contributed by atoms with van der Waals surface area (Å²) >= 11 is 0. The lowest BCUT2D eigenvalue weighted by Crippen LogP contribution is -2.59. The first-order chi connectivity index (χ1) is 9.85. The summed E-state index contributed by atoms with van der Waals surface area (Å²) in [5.41, 5.74) is -1.17. The van der Waals surface area contributed by atoms with Gasteiger partial charge in [-0.05, 0) is 18.9 Å². The van der Waals surface area contributed by atoms with Gasteiger partial charge in [-0.25, -0.2) is 13.2 Å². The van der Waals surface area contributed by atoms with Crippen LogP contribution in [0.25, 0.3) is 0 Å². The molecule has 2 saturated heterocycles. The Kier molecular flexibility index (Phi) is 3.02. The fourth-order valence-corrected chi connectivity index (χ4v) is 4.42. The zero-order valence-electron chi connectivity index (χ0n) is 11.4. The van der Waals surface area contributed by atoms with E-state index in [2.05, 4.69) is 15.7 Å². The van der Waals surface area contributed by atoms with Crippen LogP contribution in [-0.4, -0.2) is 53.1 Å². The minimum Gasteiger partial charge on any atom is -0.322 e. The van der Waals surface area contributed by atoms with Gasteiger partial charge in [-0.15, -0.1) is 0 Å². The minimum absolute atomic E-state index is 0.0595. The molecule has 0 aromatic carbocycles. The highest BCUT2D eigenvalue weighted by atomic mass is 32.2. The maximum atomic E-state index is 12.6. The van der Waals surface area contributed by atoms with Crippen molar-refractivity contribution in [3.05, 3.63) is 12.3 Å². The van der Waals surface area contributed by atoms with Crippen LogP contribution >= 0.6 is 0 Å². The summed E-state index contributed by atoms with van der Waals surface area (Å²) in [4.78, 5) is 23.3. The number of rotatable bonds is 2. The Morgan fingerprint density at radius 1 is 1.38 bits per heavy atom. The maximum absolute atomic E-state index is 12.6. The number of imide groups is 1. The number of aryl methyl sites for hydroxylation is 1. The summed E-state index contributed by atoms with van der Waals surface area (Å²) in [5.74, 6) is -0.475. The molecule has 21 heavy (non-hydrogen) atoms. The number of hydrogen-bond donors (Lipinski definition) is 2. The average molecular weight is 313 g/mol. The number of aromatic nitrogens is 2. The molecule has 1 aromatic rings. The lowest BCUT2D eigenvalue weighted by Gasteiger charge is -2.36. The highest BCUT2D eigenvalue weighted by Gasteiger charge is 2.51. The van der Waals surface area contributed by atoms with Crippen molar-refractivity contribution in [2.24, 2.45) is 7.05 Å². The molecular formula is C11H15N5O4S. The molecule has 0 aliphatic carbocycles. The molecule has 1 spiro atoms. The van der Waals surface area contributed by atoms with Crippen LogP contribution in [-0.2, 0) is 21.9 Å². The summed E-state index contributed by atoms with van der Waals surface area (Å²) in [6, 6.07) is 0.823. The van der Waals surface area contributed by atoms with E-state index in [4.69, 9.17) is 0 Å². The van der Waals surface area contributed by atoms with Crippen LogP contribution in [0.1, 0.15) is 12.8 Å². The van der Waals surface area contributed by atoms with E-state index >= 15 is 0 Å². The monoisotopic (exact) mass is 313 g/mol. The second kappa shape index (κ2) is 4.53. The number of hydrogen-bond acceptors (Lipinski definition) is 5. The van der Waals surface area contributed by atoms with Crippen LogP contribution < -0.4 is 10.6 Å². The lowest BCUT2D eigenvalue weighted by atomic mass is 9.90. The van der Waals surface area contributed by atoms with E-state index in [-0.39, 0.29) is 11.6 Å².